The normalized spacial score (nSPS) is 15.5. The second kappa shape index (κ2) is 4.76. The summed E-state index contributed by atoms with van der Waals surface area (Å²) in [7, 11) is 0. The maximum Gasteiger partial charge on any atom is 0.0548 e. The van der Waals surface area contributed by atoms with Gasteiger partial charge in [0.2, 0.25) is 0 Å². The molecule has 1 aliphatic carbocycles. The highest BCUT2D eigenvalue weighted by Crippen LogP contribution is 2.31. The predicted molar refractivity (Wildman–Crippen MR) is 81.1 cm³/mol. The number of aromatic amines is 1. The van der Waals surface area contributed by atoms with Crippen molar-refractivity contribution in [1.29, 1.82) is 0 Å². The lowest BCUT2D eigenvalue weighted by Crippen LogP contribution is -2.24. The van der Waals surface area contributed by atoms with Crippen LogP contribution in [0, 0.1) is 19.8 Å². The van der Waals surface area contributed by atoms with Crippen molar-refractivity contribution in [2.75, 3.05) is 0 Å². The Morgan fingerprint density at radius 1 is 1.26 bits per heavy atom. The summed E-state index contributed by atoms with van der Waals surface area (Å²) in [5, 5.41) is 4.77. The molecule has 2 aromatic rings. The van der Waals surface area contributed by atoms with Crippen molar-refractivity contribution in [3.05, 3.63) is 47.3 Å². The first-order valence-electron chi connectivity index (χ1n) is 7.15. The molecule has 19 heavy (non-hydrogen) atoms. The highest BCUT2D eigenvalue weighted by molar-refractivity contribution is 5.82. The molecule has 0 aliphatic heterocycles. The van der Waals surface area contributed by atoms with Gasteiger partial charge in [0.1, 0.15) is 0 Å². The second-order valence-electron chi connectivity index (χ2n) is 5.82. The minimum Gasteiger partial charge on any atom is -0.383 e. The number of benzene rings is 1. The van der Waals surface area contributed by atoms with Crippen LogP contribution in [0.3, 0.4) is 0 Å². The number of aromatic nitrogens is 1. The molecule has 1 saturated carbocycles. The summed E-state index contributed by atoms with van der Waals surface area (Å²) in [6.45, 7) is 9.32. The Hall–Kier alpha value is -1.70. The molecule has 0 atom stereocenters. The summed E-state index contributed by atoms with van der Waals surface area (Å²) >= 11 is 0. The number of hydrogen-bond acceptors (Lipinski definition) is 1. The molecule has 100 valence electrons. The minimum absolute atomic E-state index is 0.703. The first-order chi connectivity index (χ1) is 9.13. The highest BCUT2D eigenvalue weighted by Gasteiger charge is 2.20. The Bertz CT molecular complexity index is 578. The van der Waals surface area contributed by atoms with E-state index in [1.165, 1.54) is 52.7 Å². The van der Waals surface area contributed by atoms with E-state index in [-0.39, 0.29) is 0 Å². The highest BCUT2D eigenvalue weighted by atomic mass is 14.9. The zero-order valence-electron chi connectivity index (χ0n) is 11.8. The Morgan fingerprint density at radius 3 is 2.68 bits per heavy atom. The molecule has 0 unspecified atom stereocenters. The fourth-order valence-electron chi connectivity index (χ4n) is 2.67. The fourth-order valence-corrected chi connectivity index (χ4v) is 2.67. The quantitative estimate of drug-likeness (QED) is 0.841. The number of H-pyrrole nitrogens is 1. The van der Waals surface area contributed by atoms with Gasteiger partial charge >= 0.3 is 0 Å². The van der Waals surface area contributed by atoms with E-state index in [0.29, 0.717) is 5.92 Å². The largest absolute Gasteiger partial charge is 0.383 e. The van der Waals surface area contributed by atoms with E-state index in [0.717, 1.165) is 6.54 Å². The van der Waals surface area contributed by atoms with E-state index >= 15 is 0 Å². The topological polar surface area (TPSA) is 27.8 Å². The van der Waals surface area contributed by atoms with Crippen LogP contribution < -0.4 is 5.32 Å². The predicted octanol–water partition coefficient (Wildman–Crippen LogP) is 4.19. The van der Waals surface area contributed by atoms with E-state index < -0.39 is 0 Å². The Labute approximate surface area is 114 Å². The van der Waals surface area contributed by atoms with Crippen molar-refractivity contribution in [2.45, 2.75) is 39.7 Å². The van der Waals surface area contributed by atoms with Crippen molar-refractivity contribution >= 4 is 10.9 Å². The van der Waals surface area contributed by atoms with Crippen molar-refractivity contribution < 1.29 is 0 Å². The van der Waals surface area contributed by atoms with Gasteiger partial charge in [0.15, 0.2) is 0 Å². The number of allylic oxidation sites excluding steroid dienone is 1. The van der Waals surface area contributed by atoms with Crippen LogP contribution in [-0.2, 0) is 6.54 Å². The van der Waals surface area contributed by atoms with Crippen LogP contribution >= 0.6 is 0 Å². The van der Waals surface area contributed by atoms with Crippen LogP contribution in [0.4, 0.5) is 0 Å². The third-order valence-corrected chi connectivity index (χ3v) is 4.39. The van der Waals surface area contributed by atoms with E-state index in [9.17, 15) is 0 Å². The Morgan fingerprint density at radius 2 is 2.00 bits per heavy atom. The molecule has 2 nitrogen and oxygen atoms in total. The summed E-state index contributed by atoms with van der Waals surface area (Å²) in [5.74, 6) is 0.703. The lowest BCUT2D eigenvalue weighted by atomic mass is 9.83. The van der Waals surface area contributed by atoms with Gasteiger partial charge in [0.25, 0.3) is 0 Å². The number of rotatable bonds is 4. The molecular weight excluding hydrogens is 232 g/mol. The molecule has 1 heterocycles. The maximum absolute atomic E-state index is 4.15. The maximum atomic E-state index is 4.15. The van der Waals surface area contributed by atoms with E-state index in [1.54, 1.807) is 0 Å². The molecule has 0 saturated heterocycles. The summed E-state index contributed by atoms with van der Waals surface area (Å²) in [4.78, 5) is 3.49. The number of fused-ring (bicyclic) bond motifs is 1. The molecule has 2 heteroatoms. The summed E-state index contributed by atoms with van der Waals surface area (Å²) in [5.41, 5.74) is 6.37. The fraction of sp³-hybridized carbons (Fsp3) is 0.412. The minimum atomic E-state index is 0.703. The average molecular weight is 254 g/mol. The summed E-state index contributed by atoms with van der Waals surface area (Å²) in [6.07, 6.45) is 3.96. The van der Waals surface area contributed by atoms with Gasteiger partial charge in [-0.05, 0) is 67.3 Å². The molecule has 1 aromatic carbocycles. The van der Waals surface area contributed by atoms with Crippen LogP contribution in [0.2, 0.25) is 0 Å². The molecule has 3 rings (SSSR count). The monoisotopic (exact) mass is 254 g/mol. The van der Waals surface area contributed by atoms with Gasteiger partial charge in [-0.15, -0.1) is 0 Å². The molecule has 2 N–H and O–H groups in total. The zero-order chi connectivity index (χ0) is 13.4. The number of nitrogens with one attached hydrogen (secondary N) is 2. The van der Waals surface area contributed by atoms with Crippen molar-refractivity contribution in [2.24, 2.45) is 5.92 Å². The van der Waals surface area contributed by atoms with Crippen LogP contribution in [0.1, 0.15) is 36.1 Å². The van der Waals surface area contributed by atoms with Crippen molar-refractivity contribution in [3.63, 3.8) is 0 Å². The van der Waals surface area contributed by atoms with Gasteiger partial charge in [-0.1, -0.05) is 13.0 Å². The third kappa shape index (κ3) is 2.40. The second-order valence-corrected chi connectivity index (χ2v) is 5.82. The smallest absolute Gasteiger partial charge is 0.0548 e. The number of hydrogen-bond donors (Lipinski definition) is 2. The molecule has 1 aliphatic rings. The standard InChI is InChI=1S/C17H22N2/c1-11-7-15-9-16(19-17(15)8-12(11)2)10-18-13(3)14-5-4-6-14/h7-9,14,18-19H,3-6,10H2,1-2H3. The van der Waals surface area contributed by atoms with Crippen LogP contribution in [0.15, 0.2) is 30.5 Å². The van der Waals surface area contributed by atoms with Gasteiger partial charge in [-0.25, -0.2) is 0 Å². The SMILES string of the molecule is C=C(NCc1cc2cc(C)c(C)cc2[nH]1)C1CCC1. The molecule has 1 aromatic heterocycles. The first kappa shape index (κ1) is 12.3. The lowest BCUT2D eigenvalue weighted by molar-refractivity contribution is 0.350. The average Bonchev–Trinajstić information content (AvgIpc) is 2.67. The Balaban J connectivity index is 1.72. The van der Waals surface area contributed by atoms with Crippen LogP contribution in [0.25, 0.3) is 10.9 Å². The van der Waals surface area contributed by atoms with Gasteiger partial charge in [-0.2, -0.15) is 0 Å². The van der Waals surface area contributed by atoms with Crippen molar-refractivity contribution in [1.82, 2.24) is 10.3 Å². The van der Waals surface area contributed by atoms with Crippen molar-refractivity contribution in [3.8, 4) is 0 Å². The van der Waals surface area contributed by atoms with Gasteiger partial charge in [0.05, 0.1) is 6.54 Å². The van der Waals surface area contributed by atoms with E-state index in [1.807, 2.05) is 0 Å². The van der Waals surface area contributed by atoms with Gasteiger partial charge in [-0.3, -0.25) is 0 Å². The first-order valence-corrected chi connectivity index (χ1v) is 7.15. The molecule has 0 radical (unpaired) electrons. The zero-order valence-corrected chi connectivity index (χ0v) is 11.8. The summed E-state index contributed by atoms with van der Waals surface area (Å²) in [6, 6.07) is 6.73. The van der Waals surface area contributed by atoms with Gasteiger partial charge < -0.3 is 10.3 Å². The van der Waals surface area contributed by atoms with E-state index in [4.69, 9.17) is 0 Å². The molecule has 1 fully saturated rings. The van der Waals surface area contributed by atoms with Gasteiger partial charge in [0, 0.05) is 16.9 Å². The third-order valence-electron chi connectivity index (χ3n) is 4.39. The molecule has 0 spiro atoms. The molecular formula is C17H22N2. The molecule has 0 bridgehead atoms. The Kier molecular flexibility index (Phi) is 3.09. The van der Waals surface area contributed by atoms with Crippen LogP contribution in [-0.4, -0.2) is 4.98 Å². The number of aryl methyl sites for hydroxylation is 2. The lowest BCUT2D eigenvalue weighted by Gasteiger charge is -2.28. The summed E-state index contributed by atoms with van der Waals surface area (Å²) < 4.78 is 0. The molecule has 0 amide bonds. The van der Waals surface area contributed by atoms with E-state index in [2.05, 4.69) is 48.9 Å². The van der Waals surface area contributed by atoms with Crippen LogP contribution in [0.5, 0.6) is 0 Å².